The van der Waals surface area contributed by atoms with Gasteiger partial charge in [-0.25, -0.2) is 4.98 Å². The molecule has 1 fully saturated rings. The summed E-state index contributed by atoms with van der Waals surface area (Å²) in [6, 6.07) is 14.5. The van der Waals surface area contributed by atoms with Gasteiger partial charge in [0, 0.05) is 17.3 Å². The number of amides is 2. The first-order valence-corrected chi connectivity index (χ1v) is 11.0. The largest absolute Gasteiger partial charge is 0.493 e. The standard InChI is InChI=1S/C23H16ClN3O6S/c1-32-19-11-14(8-9-18(19)33-21-17(27(30)31)7-4-10-25-21)12-20-22(28)26(23(29)34-20)13-15-5-2-3-6-16(15)24/h2-12H,13H2,1H3/b20-12-. The van der Waals surface area contributed by atoms with Crippen LogP contribution in [0.2, 0.25) is 5.02 Å². The van der Waals surface area contributed by atoms with Gasteiger partial charge in [0.1, 0.15) is 0 Å². The SMILES string of the molecule is COc1cc(/C=C2\SC(=O)N(Cc3ccccc3Cl)C2=O)ccc1Oc1ncccc1[N+](=O)[O-]. The molecule has 3 aromatic rings. The zero-order valence-electron chi connectivity index (χ0n) is 17.6. The maximum atomic E-state index is 12.8. The van der Waals surface area contributed by atoms with E-state index >= 15 is 0 Å². The van der Waals surface area contributed by atoms with E-state index in [1.54, 1.807) is 42.5 Å². The average Bonchev–Trinajstić information content (AvgIpc) is 3.08. The molecule has 1 aromatic heterocycles. The highest BCUT2D eigenvalue weighted by molar-refractivity contribution is 8.18. The van der Waals surface area contributed by atoms with Crippen LogP contribution in [0.15, 0.2) is 65.7 Å². The van der Waals surface area contributed by atoms with Gasteiger partial charge < -0.3 is 9.47 Å². The smallest absolute Gasteiger partial charge is 0.331 e. The molecule has 0 bridgehead atoms. The number of ether oxygens (including phenoxy) is 2. The van der Waals surface area contributed by atoms with Crippen molar-refractivity contribution in [2.24, 2.45) is 0 Å². The highest BCUT2D eigenvalue weighted by atomic mass is 35.5. The number of pyridine rings is 1. The van der Waals surface area contributed by atoms with E-state index in [1.165, 1.54) is 31.5 Å². The Labute approximate surface area is 203 Å². The van der Waals surface area contributed by atoms with Gasteiger partial charge >= 0.3 is 5.69 Å². The Bertz CT molecular complexity index is 1330. The van der Waals surface area contributed by atoms with E-state index in [4.69, 9.17) is 21.1 Å². The van der Waals surface area contributed by atoms with E-state index in [-0.39, 0.29) is 34.5 Å². The second-order valence-electron chi connectivity index (χ2n) is 6.96. The van der Waals surface area contributed by atoms with Gasteiger partial charge in [0.25, 0.3) is 17.0 Å². The van der Waals surface area contributed by atoms with Crippen molar-refractivity contribution < 1.29 is 24.0 Å². The van der Waals surface area contributed by atoms with Gasteiger partial charge in [-0.15, -0.1) is 0 Å². The van der Waals surface area contributed by atoms with Crippen molar-refractivity contribution in [1.29, 1.82) is 0 Å². The summed E-state index contributed by atoms with van der Waals surface area (Å²) in [5.41, 5.74) is 0.947. The minimum atomic E-state index is -0.595. The van der Waals surface area contributed by atoms with Gasteiger partial charge in [0.05, 0.1) is 23.5 Å². The van der Waals surface area contributed by atoms with Crippen LogP contribution in [-0.2, 0) is 11.3 Å². The number of hydrogen-bond donors (Lipinski definition) is 0. The number of nitrogens with zero attached hydrogens (tertiary/aromatic N) is 3. The number of imide groups is 1. The molecular weight excluding hydrogens is 482 g/mol. The van der Waals surface area contributed by atoms with Crippen LogP contribution in [-0.4, -0.2) is 33.1 Å². The zero-order valence-corrected chi connectivity index (χ0v) is 19.2. The Kier molecular flexibility index (Phi) is 6.80. The van der Waals surface area contributed by atoms with Crippen molar-refractivity contribution in [3.63, 3.8) is 0 Å². The van der Waals surface area contributed by atoms with Crippen LogP contribution in [0.1, 0.15) is 11.1 Å². The van der Waals surface area contributed by atoms with E-state index in [1.807, 2.05) is 0 Å². The van der Waals surface area contributed by atoms with Gasteiger partial charge in [0.2, 0.25) is 0 Å². The van der Waals surface area contributed by atoms with Gasteiger partial charge in [-0.1, -0.05) is 35.9 Å². The molecule has 9 nitrogen and oxygen atoms in total. The third-order valence-corrected chi connectivity index (χ3v) is 6.08. The predicted molar refractivity (Wildman–Crippen MR) is 127 cm³/mol. The van der Waals surface area contributed by atoms with Crippen LogP contribution >= 0.6 is 23.4 Å². The minimum absolute atomic E-state index is 0.0701. The monoisotopic (exact) mass is 497 g/mol. The highest BCUT2D eigenvalue weighted by Gasteiger charge is 2.35. The molecule has 4 rings (SSSR count). The number of nitro groups is 1. The number of carbonyl (C=O) groups excluding carboxylic acids is 2. The first-order valence-electron chi connectivity index (χ1n) is 9.81. The molecule has 172 valence electrons. The number of aromatic nitrogens is 1. The molecule has 1 saturated heterocycles. The lowest BCUT2D eigenvalue weighted by Gasteiger charge is -2.13. The fourth-order valence-corrected chi connectivity index (χ4v) is 4.18. The molecule has 2 aromatic carbocycles. The quantitative estimate of drug-likeness (QED) is 0.233. The Morgan fingerprint density at radius 2 is 1.94 bits per heavy atom. The van der Waals surface area contributed by atoms with Crippen LogP contribution in [0.4, 0.5) is 10.5 Å². The van der Waals surface area contributed by atoms with Crippen molar-refractivity contribution in [1.82, 2.24) is 9.88 Å². The third kappa shape index (κ3) is 4.87. The molecule has 11 heteroatoms. The fourth-order valence-electron chi connectivity index (χ4n) is 3.15. The van der Waals surface area contributed by atoms with Gasteiger partial charge in [-0.05, 0) is 53.2 Å². The summed E-state index contributed by atoms with van der Waals surface area (Å²) in [7, 11) is 1.41. The summed E-state index contributed by atoms with van der Waals surface area (Å²) in [4.78, 5) is 41.2. The molecule has 0 spiro atoms. The van der Waals surface area contributed by atoms with E-state index in [2.05, 4.69) is 4.98 Å². The van der Waals surface area contributed by atoms with Crippen LogP contribution in [0.25, 0.3) is 6.08 Å². The van der Waals surface area contributed by atoms with Crippen molar-refractivity contribution >= 4 is 46.3 Å². The summed E-state index contributed by atoms with van der Waals surface area (Å²) >= 11 is 6.98. The normalized spacial score (nSPS) is 14.5. The molecule has 0 radical (unpaired) electrons. The van der Waals surface area contributed by atoms with Crippen LogP contribution in [0.5, 0.6) is 17.4 Å². The molecule has 2 heterocycles. The summed E-state index contributed by atoms with van der Waals surface area (Å²) in [6.07, 6.45) is 2.94. The molecule has 0 aliphatic carbocycles. The molecular formula is C23H16ClN3O6S. The number of methoxy groups -OCH3 is 1. The molecule has 2 amide bonds. The Balaban J connectivity index is 1.57. The molecule has 1 aliphatic rings. The Morgan fingerprint density at radius 1 is 1.15 bits per heavy atom. The number of rotatable bonds is 7. The molecule has 1 aliphatic heterocycles. The molecule has 34 heavy (non-hydrogen) atoms. The maximum absolute atomic E-state index is 12.8. The number of thioether (sulfide) groups is 1. The Morgan fingerprint density at radius 3 is 2.68 bits per heavy atom. The summed E-state index contributed by atoms with van der Waals surface area (Å²) in [5, 5.41) is 11.3. The summed E-state index contributed by atoms with van der Waals surface area (Å²) in [5.74, 6) is -0.144. The fraction of sp³-hybridized carbons (Fsp3) is 0.0870. The molecule has 0 saturated carbocycles. The first-order chi connectivity index (χ1) is 16.4. The first kappa shape index (κ1) is 23.3. The second-order valence-corrected chi connectivity index (χ2v) is 8.36. The van der Waals surface area contributed by atoms with E-state index in [0.29, 0.717) is 16.1 Å². The number of benzene rings is 2. The second kappa shape index (κ2) is 9.94. The molecule has 0 N–H and O–H groups in total. The highest BCUT2D eigenvalue weighted by Crippen LogP contribution is 2.38. The van der Waals surface area contributed by atoms with Crippen molar-refractivity contribution in [2.75, 3.05) is 7.11 Å². The molecule has 0 unspecified atom stereocenters. The van der Waals surface area contributed by atoms with Crippen LogP contribution < -0.4 is 9.47 Å². The minimum Gasteiger partial charge on any atom is -0.493 e. The van der Waals surface area contributed by atoms with Gasteiger partial charge in [-0.3, -0.25) is 24.6 Å². The zero-order chi connectivity index (χ0) is 24.2. The van der Waals surface area contributed by atoms with Crippen molar-refractivity contribution in [3.05, 3.63) is 92.0 Å². The number of hydrogen-bond acceptors (Lipinski definition) is 8. The van der Waals surface area contributed by atoms with Crippen molar-refractivity contribution in [3.8, 4) is 17.4 Å². The van der Waals surface area contributed by atoms with Crippen LogP contribution in [0.3, 0.4) is 0 Å². The van der Waals surface area contributed by atoms with Gasteiger partial charge in [0.15, 0.2) is 11.5 Å². The lowest BCUT2D eigenvalue weighted by molar-refractivity contribution is -0.386. The third-order valence-electron chi connectivity index (χ3n) is 4.80. The van der Waals surface area contributed by atoms with E-state index in [9.17, 15) is 19.7 Å². The Hall–Kier alpha value is -3.89. The van der Waals surface area contributed by atoms with Crippen LogP contribution in [0, 0.1) is 10.1 Å². The number of carbonyl (C=O) groups is 2. The topological polar surface area (TPSA) is 112 Å². The summed E-state index contributed by atoms with van der Waals surface area (Å²) in [6.45, 7) is 0.0701. The van der Waals surface area contributed by atoms with E-state index in [0.717, 1.165) is 16.7 Å². The lowest BCUT2D eigenvalue weighted by Crippen LogP contribution is -2.27. The summed E-state index contributed by atoms with van der Waals surface area (Å²) < 4.78 is 11.0. The molecule has 0 atom stereocenters. The maximum Gasteiger partial charge on any atom is 0.331 e. The van der Waals surface area contributed by atoms with Crippen molar-refractivity contribution in [2.45, 2.75) is 6.54 Å². The number of halogens is 1. The van der Waals surface area contributed by atoms with E-state index < -0.39 is 16.1 Å². The van der Waals surface area contributed by atoms with Gasteiger partial charge in [-0.2, -0.15) is 0 Å². The lowest BCUT2D eigenvalue weighted by atomic mass is 10.1. The average molecular weight is 498 g/mol. The predicted octanol–water partition coefficient (Wildman–Crippen LogP) is 5.68.